The van der Waals surface area contributed by atoms with Crippen molar-refractivity contribution in [1.82, 2.24) is 15.4 Å². The van der Waals surface area contributed by atoms with Crippen LogP contribution in [0.25, 0.3) is 0 Å². The van der Waals surface area contributed by atoms with Crippen molar-refractivity contribution in [3.05, 3.63) is 11.9 Å². The minimum Gasteiger partial charge on any atom is -0.299 e. The molecule has 0 bridgehead atoms. The normalized spacial score (nSPS) is 12.6. The highest BCUT2D eigenvalue weighted by Gasteiger charge is 2.20. The van der Waals surface area contributed by atoms with E-state index >= 15 is 0 Å². The van der Waals surface area contributed by atoms with Crippen molar-refractivity contribution in [3.8, 4) is 0 Å². The maximum Gasteiger partial charge on any atom is 0.141 e. The number of aromatic amines is 1. The average Bonchev–Trinajstić information content (AvgIpc) is 2.82. The van der Waals surface area contributed by atoms with Crippen molar-refractivity contribution in [3.63, 3.8) is 0 Å². The molecule has 0 fully saturated rings. The summed E-state index contributed by atoms with van der Waals surface area (Å²) in [7, 11) is 0. The fraction of sp³-hybridized carbons (Fsp3) is 0.750. The molecule has 4 nitrogen and oxygen atoms in total. The summed E-state index contributed by atoms with van der Waals surface area (Å²) >= 11 is 0. The molecular weight excluding hydrogens is 202 g/mol. The molecule has 1 aromatic rings. The van der Waals surface area contributed by atoms with Gasteiger partial charge in [0.05, 0.1) is 17.8 Å². The van der Waals surface area contributed by atoms with Crippen LogP contribution in [0.1, 0.15) is 64.0 Å². The minimum absolute atomic E-state index is 0.0550. The van der Waals surface area contributed by atoms with E-state index in [0.29, 0.717) is 6.42 Å². The van der Waals surface area contributed by atoms with Gasteiger partial charge in [-0.3, -0.25) is 4.79 Å². The SMILES string of the molecule is CCCCCCC(C(=O)CC)c1cn[nH]n1. The molecule has 1 heterocycles. The first-order chi connectivity index (χ1) is 7.79. The molecule has 0 amide bonds. The first kappa shape index (κ1) is 12.9. The van der Waals surface area contributed by atoms with Gasteiger partial charge in [0.1, 0.15) is 5.78 Å². The average molecular weight is 223 g/mol. The molecule has 0 aliphatic heterocycles. The third kappa shape index (κ3) is 3.76. The highest BCUT2D eigenvalue weighted by molar-refractivity contribution is 5.84. The number of nitrogens with one attached hydrogen (secondary N) is 1. The summed E-state index contributed by atoms with van der Waals surface area (Å²) in [6, 6.07) is 0. The van der Waals surface area contributed by atoms with Crippen molar-refractivity contribution >= 4 is 5.78 Å². The number of unbranched alkanes of at least 4 members (excludes halogenated alkanes) is 3. The Hall–Kier alpha value is -1.19. The largest absolute Gasteiger partial charge is 0.299 e. The summed E-state index contributed by atoms with van der Waals surface area (Å²) in [4.78, 5) is 11.8. The van der Waals surface area contributed by atoms with Crippen LogP contribution in [0.3, 0.4) is 0 Å². The molecule has 4 heteroatoms. The Morgan fingerprint density at radius 3 is 2.75 bits per heavy atom. The van der Waals surface area contributed by atoms with Gasteiger partial charge in [-0.2, -0.15) is 15.4 Å². The number of carbonyl (C=O) groups excluding carboxylic acids is 1. The molecule has 1 N–H and O–H groups in total. The number of carbonyl (C=O) groups is 1. The summed E-state index contributed by atoms with van der Waals surface area (Å²) in [6.07, 6.45) is 7.89. The zero-order valence-corrected chi connectivity index (χ0v) is 10.2. The van der Waals surface area contributed by atoms with Crippen LogP contribution in [0.4, 0.5) is 0 Å². The quantitative estimate of drug-likeness (QED) is 0.689. The van der Waals surface area contributed by atoms with Crippen molar-refractivity contribution in [1.29, 1.82) is 0 Å². The van der Waals surface area contributed by atoms with Gasteiger partial charge >= 0.3 is 0 Å². The molecule has 0 saturated carbocycles. The molecule has 0 aliphatic rings. The van der Waals surface area contributed by atoms with E-state index in [9.17, 15) is 4.79 Å². The Morgan fingerprint density at radius 1 is 1.38 bits per heavy atom. The lowest BCUT2D eigenvalue weighted by atomic mass is 9.92. The molecular formula is C12H21N3O. The van der Waals surface area contributed by atoms with Crippen LogP contribution < -0.4 is 0 Å². The summed E-state index contributed by atoms with van der Waals surface area (Å²) in [5.41, 5.74) is 0.795. The van der Waals surface area contributed by atoms with Gasteiger partial charge in [-0.05, 0) is 6.42 Å². The molecule has 0 aliphatic carbocycles. The van der Waals surface area contributed by atoms with E-state index in [1.54, 1.807) is 6.20 Å². The van der Waals surface area contributed by atoms with Crippen molar-refractivity contribution in [2.75, 3.05) is 0 Å². The minimum atomic E-state index is -0.0550. The third-order valence-corrected chi connectivity index (χ3v) is 2.87. The highest BCUT2D eigenvalue weighted by atomic mass is 16.1. The van der Waals surface area contributed by atoms with E-state index in [1.165, 1.54) is 19.3 Å². The predicted octanol–water partition coefficient (Wildman–Crippen LogP) is 2.84. The van der Waals surface area contributed by atoms with Gasteiger partial charge in [-0.1, -0.05) is 39.5 Å². The monoisotopic (exact) mass is 223 g/mol. The summed E-state index contributed by atoms with van der Waals surface area (Å²) < 4.78 is 0. The lowest BCUT2D eigenvalue weighted by Crippen LogP contribution is -2.12. The number of ketones is 1. The van der Waals surface area contributed by atoms with Crippen LogP contribution in [-0.2, 0) is 4.79 Å². The Morgan fingerprint density at radius 2 is 2.19 bits per heavy atom. The lowest BCUT2D eigenvalue weighted by molar-refractivity contribution is -0.120. The van der Waals surface area contributed by atoms with Gasteiger partial charge in [0.25, 0.3) is 0 Å². The van der Waals surface area contributed by atoms with Gasteiger partial charge in [0.15, 0.2) is 0 Å². The van der Waals surface area contributed by atoms with Gasteiger partial charge in [-0.15, -0.1) is 0 Å². The topological polar surface area (TPSA) is 58.6 Å². The Balaban J connectivity index is 2.49. The van der Waals surface area contributed by atoms with Crippen LogP contribution in [0.2, 0.25) is 0 Å². The molecule has 0 saturated heterocycles. The van der Waals surface area contributed by atoms with Crippen LogP contribution in [0.5, 0.6) is 0 Å². The van der Waals surface area contributed by atoms with Crippen LogP contribution >= 0.6 is 0 Å². The second kappa shape index (κ2) is 7.14. The molecule has 1 aromatic heterocycles. The van der Waals surface area contributed by atoms with Crippen LogP contribution in [0, 0.1) is 0 Å². The van der Waals surface area contributed by atoms with E-state index in [4.69, 9.17) is 0 Å². The highest BCUT2D eigenvalue weighted by Crippen LogP contribution is 2.22. The first-order valence-corrected chi connectivity index (χ1v) is 6.18. The summed E-state index contributed by atoms with van der Waals surface area (Å²) in [5.74, 6) is 0.214. The lowest BCUT2D eigenvalue weighted by Gasteiger charge is -2.11. The zero-order chi connectivity index (χ0) is 11.8. The van der Waals surface area contributed by atoms with Crippen molar-refractivity contribution < 1.29 is 4.79 Å². The number of rotatable bonds is 8. The molecule has 0 spiro atoms. The van der Waals surface area contributed by atoms with Crippen molar-refractivity contribution in [2.45, 2.75) is 58.3 Å². The maximum absolute atomic E-state index is 11.8. The number of nitrogens with zero attached hydrogens (tertiary/aromatic N) is 2. The molecule has 1 unspecified atom stereocenters. The van der Waals surface area contributed by atoms with E-state index in [1.807, 2.05) is 6.92 Å². The molecule has 16 heavy (non-hydrogen) atoms. The first-order valence-electron chi connectivity index (χ1n) is 6.18. The van der Waals surface area contributed by atoms with E-state index in [0.717, 1.165) is 18.5 Å². The van der Waals surface area contributed by atoms with Crippen LogP contribution in [0.15, 0.2) is 6.20 Å². The van der Waals surface area contributed by atoms with Gasteiger partial charge < -0.3 is 0 Å². The van der Waals surface area contributed by atoms with Crippen LogP contribution in [-0.4, -0.2) is 21.2 Å². The molecule has 0 aromatic carbocycles. The van der Waals surface area contributed by atoms with E-state index in [-0.39, 0.29) is 11.7 Å². The number of hydrogen-bond acceptors (Lipinski definition) is 3. The maximum atomic E-state index is 11.8. The zero-order valence-electron chi connectivity index (χ0n) is 10.2. The predicted molar refractivity (Wildman–Crippen MR) is 63.2 cm³/mol. The third-order valence-electron chi connectivity index (χ3n) is 2.87. The fourth-order valence-corrected chi connectivity index (χ4v) is 1.87. The van der Waals surface area contributed by atoms with Gasteiger partial charge in [0, 0.05) is 6.42 Å². The molecule has 1 rings (SSSR count). The number of hydrogen-bond donors (Lipinski definition) is 1. The van der Waals surface area contributed by atoms with Gasteiger partial charge in [-0.25, -0.2) is 0 Å². The summed E-state index contributed by atoms with van der Waals surface area (Å²) in [5, 5.41) is 10.4. The fourth-order valence-electron chi connectivity index (χ4n) is 1.87. The number of aromatic nitrogens is 3. The molecule has 1 atom stereocenters. The van der Waals surface area contributed by atoms with Gasteiger partial charge in [0.2, 0.25) is 0 Å². The second-order valence-electron chi connectivity index (χ2n) is 4.12. The second-order valence-corrected chi connectivity index (χ2v) is 4.12. The number of Topliss-reactive ketones (excluding diaryl/α,β-unsaturated/α-hetero) is 1. The smallest absolute Gasteiger partial charge is 0.141 e. The van der Waals surface area contributed by atoms with E-state index in [2.05, 4.69) is 22.3 Å². The Labute approximate surface area is 96.8 Å². The Bertz CT molecular complexity index is 295. The standard InChI is InChI=1S/C12H21N3O/c1-3-5-6-7-8-10(12(16)4-2)11-9-13-15-14-11/h9-10H,3-8H2,1-2H3,(H,13,14,15). The molecule has 0 radical (unpaired) electrons. The van der Waals surface area contributed by atoms with Crippen molar-refractivity contribution in [2.24, 2.45) is 0 Å². The Kier molecular flexibility index (Phi) is 5.75. The molecule has 90 valence electrons. The van der Waals surface area contributed by atoms with E-state index < -0.39 is 0 Å². The summed E-state index contributed by atoms with van der Waals surface area (Å²) in [6.45, 7) is 4.09. The number of H-pyrrole nitrogens is 1.